The van der Waals surface area contributed by atoms with Gasteiger partial charge in [-0.15, -0.1) is 11.3 Å². The molecule has 5 rings (SSSR count). The van der Waals surface area contributed by atoms with E-state index in [9.17, 15) is 4.79 Å². The van der Waals surface area contributed by atoms with Gasteiger partial charge in [-0.3, -0.25) is 9.89 Å². The number of aromatic amines is 1. The van der Waals surface area contributed by atoms with Gasteiger partial charge in [-0.05, 0) is 31.3 Å². The first-order chi connectivity index (χ1) is 16.2. The van der Waals surface area contributed by atoms with E-state index in [1.807, 2.05) is 56.3 Å². The zero-order chi connectivity index (χ0) is 23.2. The van der Waals surface area contributed by atoms with Gasteiger partial charge in [-0.25, -0.2) is 4.98 Å². The van der Waals surface area contributed by atoms with Gasteiger partial charge in [0.25, 0.3) is 5.91 Å². The highest BCUT2D eigenvalue weighted by Crippen LogP contribution is 2.29. The summed E-state index contributed by atoms with van der Waals surface area (Å²) in [5.74, 6) is 0.468. The van der Waals surface area contributed by atoms with Gasteiger partial charge in [0.15, 0.2) is 10.9 Å². The van der Waals surface area contributed by atoms with Crippen molar-refractivity contribution < 1.29 is 4.79 Å². The molecule has 0 aliphatic carbocycles. The van der Waals surface area contributed by atoms with Crippen molar-refractivity contribution in [2.45, 2.75) is 13.8 Å². The molecule has 1 amide bonds. The van der Waals surface area contributed by atoms with Crippen molar-refractivity contribution in [3.05, 3.63) is 59.6 Å². The number of benzene rings is 2. The van der Waals surface area contributed by atoms with Crippen molar-refractivity contribution in [1.29, 1.82) is 0 Å². The van der Waals surface area contributed by atoms with Crippen molar-refractivity contribution >= 4 is 50.5 Å². The van der Waals surface area contributed by atoms with Crippen molar-refractivity contribution in [3.8, 4) is 0 Å². The predicted molar refractivity (Wildman–Crippen MR) is 137 cm³/mol. The van der Waals surface area contributed by atoms with Crippen LogP contribution in [0.4, 0.5) is 22.3 Å². The minimum Gasteiger partial charge on any atom is -0.367 e. The molecule has 0 saturated carbocycles. The molecule has 33 heavy (non-hydrogen) atoms. The number of carbonyl (C=O) groups excluding carboxylic acids is 1. The Hall–Kier alpha value is -3.43. The highest BCUT2D eigenvalue weighted by atomic mass is 32.1. The summed E-state index contributed by atoms with van der Waals surface area (Å²) in [4.78, 5) is 22.0. The molecule has 172 valence electrons. The number of nitrogens with zero attached hydrogens (tertiary/aromatic N) is 4. The summed E-state index contributed by atoms with van der Waals surface area (Å²) in [5, 5.41) is 16.9. The number of rotatable bonds is 5. The van der Waals surface area contributed by atoms with Crippen LogP contribution >= 0.6 is 11.3 Å². The fourth-order valence-electron chi connectivity index (χ4n) is 3.68. The lowest BCUT2D eigenvalue weighted by atomic mass is 10.2. The highest BCUT2D eigenvalue weighted by Gasteiger charge is 2.19. The number of hydrogen-bond acceptors (Lipinski definition) is 7. The quantitative estimate of drug-likeness (QED) is 0.394. The topological polar surface area (TPSA) is 89.2 Å². The Labute approximate surface area is 197 Å². The number of H-pyrrole nitrogens is 1. The number of thiazole rings is 1. The van der Waals surface area contributed by atoms with Gasteiger partial charge < -0.3 is 20.4 Å². The fraction of sp³-hybridized carbons (Fsp3) is 0.292. The summed E-state index contributed by atoms with van der Waals surface area (Å²) in [5.41, 5.74) is 3.17. The molecule has 3 heterocycles. The fourth-order valence-corrected chi connectivity index (χ4v) is 4.37. The summed E-state index contributed by atoms with van der Waals surface area (Å²) in [7, 11) is 2.13. The van der Waals surface area contributed by atoms with Gasteiger partial charge in [0, 0.05) is 36.9 Å². The molecule has 1 aliphatic rings. The van der Waals surface area contributed by atoms with Gasteiger partial charge in [0.2, 0.25) is 0 Å². The first-order valence-electron chi connectivity index (χ1n) is 11.2. The number of anilines is 4. The maximum atomic E-state index is 12.9. The molecule has 1 aliphatic heterocycles. The summed E-state index contributed by atoms with van der Waals surface area (Å²) in [6.07, 6.45) is 0. The Balaban J connectivity index is 0.00000126. The average molecular weight is 464 g/mol. The molecule has 8 nitrogen and oxygen atoms in total. The standard InChI is InChI=1S/C22H23N7OS.C2H6/c1-28-10-12-29(13-11-28)19-9-5-4-8-17(19)23-21(30)18-14-31-22(24-18)25-20-15-6-2-3-7-16(15)26-27-20;1-2/h2-9,14H,10-13H2,1H3,(H,23,30)(H2,24,25,26,27);1-2H3. The number of amides is 1. The maximum absolute atomic E-state index is 12.9. The van der Waals surface area contributed by atoms with Crippen molar-refractivity contribution in [2.75, 3.05) is 48.8 Å². The monoisotopic (exact) mass is 463 g/mol. The van der Waals surface area contributed by atoms with Crippen LogP contribution in [0.5, 0.6) is 0 Å². The van der Waals surface area contributed by atoms with Crippen LogP contribution in [0.15, 0.2) is 53.9 Å². The largest absolute Gasteiger partial charge is 0.367 e. The van der Waals surface area contributed by atoms with Crippen LogP contribution in [-0.4, -0.2) is 59.2 Å². The van der Waals surface area contributed by atoms with E-state index in [0.717, 1.165) is 48.5 Å². The van der Waals surface area contributed by atoms with E-state index in [-0.39, 0.29) is 5.91 Å². The van der Waals surface area contributed by atoms with E-state index in [4.69, 9.17) is 0 Å². The van der Waals surface area contributed by atoms with Gasteiger partial charge in [-0.2, -0.15) is 5.10 Å². The number of carbonyl (C=O) groups is 1. The normalized spacial score (nSPS) is 14.0. The number of nitrogens with one attached hydrogen (secondary N) is 3. The van der Waals surface area contributed by atoms with E-state index in [0.29, 0.717) is 16.6 Å². The molecule has 1 fully saturated rings. The molecule has 0 radical (unpaired) electrons. The smallest absolute Gasteiger partial charge is 0.275 e. The molecule has 0 unspecified atom stereocenters. The molecule has 0 spiro atoms. The third-order valence-corrected chi connectivity index (χ3v) is 6.19. The predicted octanol–water partition coefficient (Wildman–Crippen LogP) is 4.79. The van der Waals surface area contributed by atoms with Gasteiger partial charge >= 0.3 is 0 Å². The number of likely N-dealkylation sites (N-methyl/N-ethyl adjacent to an activating group) is 1. The minimum atomic E-state index is -0.224. The third kappa shape index (κ3) is 5.15. The van der Waals surface area contributed by atoms with Crippen LogP contribution in [0.1, 0.15) is 24.3 Å². The number of fused-ring (bicyclic) bond motifs is 1. The summed E-state index contributed by atoms with van der Waals surface area (Å²) < 4.78 is 0. The maximum Gasteiger partial charge on any atom is 0.275 e. The molecular formula is C24H29N7OS. The van der Waals surface area contributed by atoms with Crippen LogP contribution in [0.25, 0.3) is 10.9 Å². The Bertz CT molecular complexity index is 1210. The first kappa shape index (κ1) is 22.8. The lowest BCUT2D eigenvalue weighted by molar-refractivity contribution is 0.102. The molecule has 0 bridgehead atoms. The summed E-state index contributed by atoms with van der Waals surface area (Å²) in [6, 6.07) is 15.8. The van der Waals surface area contributed by atoms with Crippen molar-refractivity contribution in [1.82, 2.24) is 20.1 Å². The van der Waals surface area contributed by atoms with E-state index in [1.54, 1.807) is 5.38 Å². The summed E-state index contributed by atoms with van der Waals surface area (Å²) >= 11 is 1.37. The number of para-hydroxylation sites is 3. The van der Waals surface area contributed by atoms with Gasteiger partial charge in [0.05, 0.1) is 16.9 Å². The molecular weight excluding hydrogens is 434 g/mol. The molecule has 9 heteroatoms. The first-order valence-corrected chi connectivity index (χ1v) is 12.0. The molecule has 4 aromatic rings. The Kier molecular flexibility index (Phi) is 7.21. The molecule has 1 saturated heterocycles. The van der Waals surface area contributed by atoms with Crippen LogP contribution in [0, 0.1) is 0 Å². The highest BCUT2D eigenvalue weighted by molar-refractivity contribution is 7.14. The van der Waals surface area contributed by atoms with Gasteiger partial charge in [0.1, 0.15) is 5.69 Å². The molecule has 2 aromatic carbocycles. The van der Waals surface area contributed by atoms with Crippen LogP contribution in [-0.2, 0) is 0 Å². The summed E-state index contributed by atoms with van der Waals surface area (Å²) in [6.45, 7) is 7.88. The Morgan fingerprint density at radius 2 is 1.76 bits per heavy atom. The Morgan fingerprint density at radius 3 is 2.58 bits per heavy atom. The van der Waals surface area contributed by atoms with Crippen LogP contribution < -0.4 is 15.5 Å². The third-order valence-electron chi connectivity index (χ3n) is 5.43. The van der Waals surface area contributed by atoms with E-state index < -0.39 is 0 Å². The lowest BCUT2D eigenvalue weighted by Gasteiger charge is -2.35. The molecule has 2 aromatic heterocycles. The number of hydrogen-bond donors (Lipinski definition) is 3. The minimum absolute atomic E-state index is 0.224. The number of piperazine rings is 1. The van der Waals surface area contributed by atoms with E-state index in [1.165, 1.54) is 11.3 Å². The Morgan fingerprint density at radius 1 is 1.03 bits per heavy atom. The molecule has 0 atom stereocenters. The second-order valence-electron chi connectivity index (χ2n) is 7.54. The second-order valence-corrected chi connectivity index (χ2v) is 8.40. The van der Waals surface area contributed by atoms with Crippen molar-refractivity contribution in [3.63, 3.8) is 0 Å². The average Bonchev–Trinajstić information content (AvgIpc) is 3.49. The number of aromatic nitrogens is 3. The van der Waals surface area contributed by atoms with Crippen LogP contribution in [0.2, 0.25) is 0 Å². The van der Waals surface area contributed by atoms with E-state index in [2.05, 4.69) is 48.7 Å². The molecule has 3 N–H and O–H groups in total. The lowest BCUT2D eigenvalue weighted by Crippen LogP contribution is -2.44. The van der Waals surface area contributed by atoms with Gasteiger partial charge in [-0.1, -0.05) is 38.1 Å². The SMILES string of the molecule is CC.CN1CCN(c2ccccc2NC(=O)c2csc(Nc3n[nH]c4ccccc34)n2)CC1. The van der Waals surface area contributed by atoms with E-state index >= 15 is 0 Å². The zero-order valence-electron chi connectivity index (χ0n) is 19.1. The zero-order valence-corrected chi connectivity index (χ0v) is 19.9. The van der Waals surface area contributed by atoms with Crippen LogP contribution in [0.3, 0.4) is 0 Å². The van der Waals surface area contributed by atoms with Crippen molar-refractivity contribution in [2.24, 2.45) is 0 Å². The second kappa shape index (κ2) is 10.5.